The average molecular weight is 365 g/mol. The van der Waals surface area contributed by atoms with Gasteiger partial charge >= 0.3 is 6.09 Å². The molecule has 5 atom stereocenters. The first-order valence-corrected chi connectivity index (χ1v) is 10.1. The van der Waals surface area contributed by atoms with Gasteiger partial charge in [-0.1, -0.05) is 0 Å². The lowest BCUT2D eigenvalue weighted by atomic mass is 9.89. The molecular formula is C19H31N3O4. The van der Waals surface area contributed by atoms with Crippen LogP contribution in [-0.2, 0) is 14.3 Å². The van der Waals surface area contributed by atoms with E-state index in [1.54, 1.807) is 0 Å². The van der Waals surface area contributed by atoms with Gasteiger partial charge in [-0.2, -0.15) is 0 Å². The Morgan fingerprint density at radius 3 is 2.23 bits per heavy atom. The molecule has 146 valence electrons. The van der Waals surface area contributed by atoms with Gasteiger partial charge in [-0.05, 0) is 38.5 Å². The molecule has 3 heterocycles. The first-order chi connectivity index (χ1) is 12.5. The summed E-state index contributed by atoms with van der Waals surface area (Å²) in [4.78, 5) is 31.0. The third kappa shape index (κ3) is 2.99. The molecular weight excluding hydrogens is 334 g/mol. The van der Waals surface area contributed by atoms with Crippen molar-refractivity contribution < 1.29 is 19.1 Å². The van der Waals surface area contributed by atoms with Gasteiger partial charge in [0.15, 0.2) is 0 Å². The minimum atomic E-state index is -0.193. The maximum absolute atomic E-state index is 12.4. The number of hydrogen-bond acceptors (Lipinski definition) is 5. The van der Waals surface area contributed by atoms with Crippen molar-refractivity contribution in [3.8, 4) is 0 Å². The normalized spacial score (nSPS) is 38.7. The van der Waals surface area contributed by atoms with Crippen molar-refractivity contribution in [1.82, 2.24) is 14.7 Å². The Bertz CT molecular complexity index is 545. The van der Waals surface area contributed by atoms with Gasteiger partial charge in [0.05, 0.1) is 31.9 Å². The highest BCUT2D eigenvalue weighted by atomic mass is 16.6. The lowest BCUT2D eigenvalue weighted by Crippen LogP contribution is -2.62. The van der Waals surface area contributed by atoms with Crippen molar-refractivity contribution in [1.29, 1.82) is 0 Å². The van der Waals surface area contributed by atoms with Crippen molar-refractivity contribution in [2.75, 3.05) is 46.5 Å². The van der Waals surface area contributed by atoms with Gasteiger partial charge in [0, 0.05) is 38.6 Å². The van der Waals surface area contributed by atoms with Crippen molar-refractivity contribution in [2.45, 2.75) is 44.8 Å². The third-order valence-electron chi connectivity index (χ3n) is 6.85. The third-order valence-corrected chi connectivity index (χ3v) is 6.85. The zero-order chi connectivity index (χ0) is 18.4. The highest BCUT2D eigenvalue weighted by molar-refractivity contribution is 5.82. The Morgan fingerprint density at radius 1 is 1.08 bits per heavy atom. The molecule has 3 aliphatic heterocycles. The molecule has 0 aromatic rings. The van der Waals surface area contributed by atoms with Crippen molar-refractivity contribution in [3.63, 3.8) is 0 Å². The molecule has 2 unspecified atom stereocenters. The second-order valence-corrected chi connectivity index (χ2v) is 8.24. The summed E-state index contributed by atoms with van der Waals surface area (Å²) in [5.41, 5.74) is 0. The van der Waals surface area contributed by atoms with E-state index >= 15 is 0 Å². The Kier molecular flexibility index (Phi) is 4.86. The number of piperidine rings is 2. The lowest BCUT2D eigenvalue weighted by molar-refractivity contribution is -0.132. The molecule has 0 aromatic heterocycles. The molecule has 2 bridgehead atoms. The SMILES string of the molecule is CCOC(=O)N1C2COCC1CC(N1C[C@@H]3[C@H](C1)[C@@H]3C(=O)N(C)CC)C2. The molecule has 7 nitrogen and oxygen atoms in total. The molecule has 7 heteroatoms. The van der Waals surface area contributed by atoms with Gasteiger partial charge in [-0.3, -0.25) is 14.6 Å². The van der Waals surface area contributed by atoms with Gasteiger partial charge in [0.2, 0.25) is 5.91 Å². The minimum absolute atomic E-state index is 0.118. The van der Waals surface area contributed by atoms with Gasteiger partial charge in [0.25, 0.3) is 0 Å². The van der Waals surface area contributed by atoms with E-state index in [0.717, 1.165) is 32.5 Å². The number of carbonyl (C=O) groups is 2. The summed E-state index contributed by atoms with van der Waals surface area (Å²) in [5, 5.41) is 0. The fourth-order valence-electron chi connectivity index (χ4n) is 5.31. The summed E-state index contributed by atoms with van der Waals surface area (Å²) in [6.07, 6.45) is 1.70. The predicted molar refractivity (Wildman–Crippen MR) is 95.6 cm³/mol. The van der Waals surface area contributed by atoms with E-state index in [2.05, 4.69) is 4.90 Å². The molecule has 4 rings (SSSR count). The van der Waals surface area contributed by atoms with Crippen LogP contribution in [0.3, 0.4) is 0 Å². The number of amides is 2. The summed E-state index contributed by atoms with van der Waals surface area (Å²) in [5.74, 6) is 1.65. The highest BCUT2D eigenvalue weighted by Gasteiger charge is 2.61. The first kappa shape index (κ1) is 18.0. The standard InChI is InChI=1S/C19H31N3O4/c1-4-20(3)18(23)17-15-8-21(9-16(15)17)12-6-13-10-25-11-14(7-12)22(13)19(24)26-5-2/h12-17H,4-11H2,1-3H3/t12?,13?,14?,15-,16+,17-. The summed E-state index contributed by atoms with van der Waals surface area (Å²) in [6.45, 7) is 8.35. The number of carbonyl (C=O) groups excluding carboxylic acids is 2. The molecule has 4 fully saturated rings. The quantitative estimate of drug-likeness (QED) is 0.745. The Balaban J connectivity index is 1.35. The second kappa shape index (κ2) is 7.00. The van der Waals surface area contributed by atoms with Crippen LogP contribution in [0, 0.1) is 17.8 Å². The minimum Gasteiger partial charge on any atom is -0.450 e. The van der Waals surface area contributed by atoms with Gasteiger partial charge in [-0.15, -0.1) is 0 Å². The van der Waals surface area contributed by atoms with Gasteiger partial charge < -0.3 is 14.4 Å². The highest BCUT2D eigenvalue weighted by Crippen LogP contribution is 2.53. The number of rotatable bonds is 4. The number of nitrogens with zero attached hydrogens (tertiary/aromatic N) is 3. The number of morpholine rings is 1. The molecule has 0 radical (unpaired) electrons. The topological polar surface area (TPSA) is 62.3 Å². The number of likely N-dealkylation sites (tertiary alicyclic amines) is 1. The van der Waals surface area contributed by atoms with Crippen LogP contribution in [0.4, 0.5) is 4.79 Å². The van der Waals surface area contributed by atoms with Gasteiger partial charge in [-0.25, -0.2) is 4.79 Å². The van der Waals surface area contributed by atoms with Crippen molar-refractivity contribution >= 4 is 12.0 Å². The molecule has 1 saturated carbocycles. The van der Waals surface area contributed by atoms with Crippen LogP contribution < -0.4 is 0 Å². The van der Waals surface area contributed by atoms with Crippen LogP contribution in [0.1, 0.15) is 26.7 Å². The van der Waals surface area contributed by atoms with E-state index in [1.165, 1.54) is 0 Å². The Hall–Kier alpha value is -1.34. The van der Waals surface area contributed by atoms with E-state index in [-0.39, 0.29) is 24.1 Å². The zero-order valence-corrected chi connectivity index (χ0v) is 16.1. The van der Waals surface area contributed by atoms with E-state index < -0.39 is 0 Å². The molecule has 0 aromatic carbocycles. The summed E-state index contributed by atoms with van der Waals surface area (Å²) >= 11 is 0. The smallest absolute Gasteiger partial charge is 0.410 e. The largest absolute Gasteiger partial charge is 0.450 e. The van der Waals surface area contributed by atoms with Crippen molar-refractivity contribution in [3.05, 3.63) is 0 Å². The van der Waals surface area contributed by atoms with E-state index in [9.17, 15) is 9.59 Å². The number of hydrogen-bond donors (Lipinski definition) is 0. The first-order valence-electron chi connectivity index (χ1n) is 10.1. The molecule has 3 saturated heterocycles. The van der Waals surface area contributed by atoms with Crippen LogP contribution in [0.15, 0.2) is 0 Å². The van der Waals surface area contributed by atoms with E-state index in [1.807, 2.05) is 30.7 Å². The van der Waals surface area contributed by atoms with E-state index in [4.69, 9.17) is 9.47 Å². The van der Waals surface area contributed by atoms with Crippen LogP contribution in [0.5, 0.6) is 0 Å². The monoisotopic (exact) mass is 365 g/mol. The zero-order valence-electron chi connectivity index (χ0n) is 16.1. The summed E-state index contributed by atoms with van der Waals surface area (Å²) in [7, 11) is 1.90. The maximum Gasteiger partial charge on any atom is 0.410 e. The van der Waals surface area contributed by atoms with Gasteiger partial charge in [0.1, 0.15) is 0 Å². The van der Waals surface area contributed by atoms with Crippen LogP contribution in [0.25, 0.3) is 0 Å². The molecule has 0 N–H and O–H groups in total. The fourth-order valence-corrected chi connectivity index (χ4v) is 5.31. The lowest BCUT2D eigenvalue weighted by Gasteiger charge is -2.49. The van der Waals surface area contributed by atoms with Crippen molar-refractivity contribution in [2.24, 2.45) is 17.8 Å². The number of ether oxygens (including phenoxy) is 2. The number of fused-ring (bicyclic) bond motifs is 3. The van der Waals surface area contributed by atoms with Crippen LogP contribution >= 0.6 is 0 Å². The predicted octanol–water partition coefficient (Wildman–Crippen LogP) is 1.03. The average Bonchev–Trinajstić information content (AvgIpc) is 3.12. The maximum atomic E-state index is 12.4. The second-order valence-electron chi connectivity index (χ2n) is 8.24. The Labute approximate surface area is 155 Å². The molecule has 26 heavy (non-hydrogen) atoms. The Morgan fingerprint density at radius 2 is 1.69 bits per heavy atom. The molecule has 4 aliphatic rings. The molecule has 0 spiro atoms. The summed E-state index contributed by atoms with van der Waals surface area (Å²) < 4.78 is 11.0. The van der Waals surface area contributed by atoms with Crippen LogP contribution in [-0.4, -0.2) is 91.3 Å². The molecule has 1 aliphatic carbocycles. The summed E-state index contributed by atoms with van der Waals surface area (Å²) in [6, 6.07) is 0.728. The van der Waals surface area contributed by atoms with E-state index in [0.29, 0.717) is 43.6 Å². The fraction of sp³-hybridized carbons (Fsp3) is 0.895. The van der Waals surface area contributed by atoms with Crippen LogP contribution in [0.2, 0.25) is 0 Å². The molecule has 2 amide bonds.